The predicted octanol–water partition coefficient (Wildman–Crippen LogP) is 8.28. The van der Waals surface area contributed by atoms with E-state index in [2.05, 4.69) is 24.5 Å². The van der Waals surface area contributed by atoms with E-state index in [0.717, 1.165) is 62.0 Å². The van der Waals surface area contributed by atoms with Crippen molar-refractivity contribution in [2.24, 2.45) is 0 Å². The van der Waals surface area contributed by atoms with E-state index < -0.39 is 51.4 Å². The van der Waals surface area contributed by atoms with Crippen LogP contribution < -0.4 is 21.2 Å². The number of hydrogen-bond acceptors (Lipinski definition) is 9. The minimum absolute atomic E-state index is 0.0681. The summed E-state index contributed by atoms with van der Waals surface area (Å²) in [5, 5.41) is 29.5. The highest BCUT2D eigenvalue weighted by Crippen LogP contribution is 2.35. The molecule has 1 saturated heterocycles. The van der Waals surface area contributed by atoms with Crippen LogP contribution in [0, 0.1) is 0 Å². The van der Waals surface area contributed by atoms with Crippen molar-refractivity contribution in [1.29, 1.82) is 0 Å². The highest BCUT2D eigenvalue weighted by Gasteiger charge is 2.48. The molecule has 0 radical (unpaired) electrons. The zero-order valence-electron chi connectivity index (χ0n) is 36.7. The average Bonchev–Trinajstić information content (AvgIpc) is 3.26. The smallest absolute Gasteiger partial charge is 0.306 e. The molecule has 1 heterocycles. The van der Waals surface area contributed by atoms with Crippen LogP contribution in [0.2, 0.25) is 0 Å². The number of benzene rings is 2. The Labute approximate surface area is 362 Å². The monoisotopic (exact) mass is 857 g/mol. The van der Waals surface area contributed by atoms with Crippen molar-refractivity contribution in [2.45, 2.75) is 186 Å². The topological polar surface area (TPSA) is 153 Å². The number of amides is 2. The quantitative estimate of drug-likeness (QED) is 0.0310. The highest BCUT2D eigenvalue weighted by atomic mass is 31.1. The standard InChI is InChI=1S/C48H77N2O9P/c1-3-5-7-9-10-11-12-13-14-16-26-34-44(54)59-47-45(50-43(53)33-25-19-27-35-49-42(52)32-24-15-8-6-4-2)48(58-41(38-51)46(47)55)56-36-37-57-60(39-28-20-17-21-29-39)40-30-22-18-23-31-40/h17-18,20-23,28-31,41,45-48,51,55H,3-16,19,24-27,32-38H2,1-2H3,(H,49,52)(H,50,53)/t41-,45+,46-,47-,48+/m1/s1. The summed E-state index contributed by atoms with van der Waals surface area (Å²) >= 11 is 0. The Morgan fingerprint density at radius 3 is 1.70 bits per heavy atom. The maximum absolute atomic E-state index is 13.4. The van der Waals surface area contributed by atoms with Gasteiger partial charge in [0.1, 0.15) is 18.2 Å². The third-order valence-corrected chi connectivity index (χ3v) is 12.9. The number of hydrogen-bond donors (Lipinski definition) is 4. The second kappa shape index (κ2) is 32.7. The van der Waals surface area contributed by atoms with Gasteiger partial charge < -0.3 is 39.6 Å². The normalized spacial score (nSPS) is 19.0. The van der Waals surface area contributed by atoms with Crippen LogP contribution in [-0.2, 0) is 33.1 Å². The van der Waals surface area contributed by atoms with Crippen LogP contribution in [0.5, 0.6) is 0 Å². The first kappa shape index (κ1) is 51.4. The Bertz CT molecular complexity index is 1370. The van der Waals surface area contributed by atoms with Gasteiger partial charge in [-0.05, 0) is 25.7 Å². The Morgan fingerprint density at radius 2 is 1.15 bits per heavy atom. The molecular weight excluding hydrogens is 780 g/mol. The third-order valence-electron chi connectivity index (χ3n) is 10.9. The fraction of sp³-hybridized carbons (Fsp3) is 0.688. The Morgan fingerprint density at radius 1 is 0.650 bits per heavy atom. The van der Waals surface area contributed by atoms with Gasteiger partial charge in [-0.15, -0.1) is 0 Å². The van der Waals surface area contributed by atoms with E-state index in [1.54, 1.807) is 0 Å². The van der Waals surface area contributed by atoms with Crippen molar-refractivity contribution in [3.8, 4) is 0 Å². The molecule has 2 aromatic rings. The van der Waals surface area contributed by atoms with Crippen LogP contribution in [0.3, 0.4) is 0 Å². The number of ether oxygens (including phenoxy) is 3. The molecule has 0 aliphatic carbocycles. The number of carbonyl (C=O) groups is 3. The molecule has 2 aromatic carbocycles. The van der Waals surface area contributed by atoms with Crippen molar-refractivity contribution in [3.63, 3.8) is 0 Å². The van der Waals surface area contributed by atoms with E-state index >= 15 is 0 Å². The van der Waals surface area contributed by atoms with Crippen LogP contribution in [0.4, 0.5) is 0 Å². The molecule has 2 amide bonds. The summed E-state index contributed by atoms with van der Waals surface area (Å²) in [7, 11) is -1.14. The highest BCUT2D eigenvalue weighted by molar-refractivity contribution is 7.68. The Hall–Kier alpha value is -2.92. The molecule has 0 saturated carbocycles. The van der Waals surface area contributed by atoms with Crippen molar-refractivity contribution >= 4 is 36.5 Å². The molecular formula is C48H77N2O9P. The summed E-state index contributed by atoms with van der Waals surface area (Å²) in [6.45, 7) is 4.70. The van der Waals surface area contributed by atoms with Gasteiger partial charge >= 0.3 is 5.97 Å². The van der Waals surface area contributed by atoms with Gasteiger partial charge in [0.15, 0.2) is 12.4 Å². The SMILES string of the molecule is CCCCCCCCCCCCCC(=O)O[C@H]1[C@H](O)[C@@H](CO)O[C@H](OCCOP(c2ccccc2)c2ccccc2)[C@H]1NC(=O)CCCCCNC(=O)CCCCCCC. The number of rotatable bonds is 34. The lowest BCUT2D eigenvalue weighted by atomic mass is 9.96. The molecule has 1 fully saturated rings. The van der Waals surface area contributed by atoms with E-state index in [-0.39, 0.29) is 37.9 Å². The minimum atomic E-state index is -1.39. The first-order chi connectivity index (χ1) is 29.4. The van der Waals surface area contributed by atoms with Gasteiger partial charge in [0.05, 0.1) is 28.0 Å². The molecule has 0 unspecified atom stereocenters. The minimum Gasteiger partial charge on any atom is -0.457 e. The molecule has 12 heteroatoms. The van der Waals surface area contributed by atoms with Crippen LogP contribution in [0.25, 0.3) is 0 Å². The van der Waals surface area contributed by atoms with Crippen molar-refractivity contribution in [2.75, 3.05) is 26.4 Å². The van der Waals surface area contributed by atoms with Gasteiger partial charge in [-0.25, -0.2) is 0 Å². The lowest BCUT2D eigenvalue weighted by molar-refractivity contribution is -0.274. The van der Waals surface area contributed by atoms with E-state index in [9.17, 15) is 24.6 Å². The molecule has 60 heavy (non-hydrogen) atoms. The second-order valence-electron chi connectivity index (χ2n) is 16.0. The van der Waals surface area contributed by atoms with Crippen molar-refractivity contribution in [1.82, 2.24) is 10.6 Å². The molecule has 1 aliphatic rings. The summed E-state index contributed by atoms with van der Waals surface area (Å²) < 4.78 is 24.6. The number of carbonyl (C=O) groups excluding carboxylic acids is 3. The number of aliphatic hydroxyl groups is 2. The molecule has 0 aromatic heterocycles. The van der Waals surface area contributed by atoms with Crippen molar-refractivity contribution in [3.05, 3.63) is 60.7 Å². The fourth-order valence-electron chi connectivity index (χ4n) is 7.42. The fourth-order valence-corrected chi connectivity index (χ4v) is 9.16. The maximum Gasteiger partial charge on any atom is 0.306 e. The Kier molecular flexibility index (Phi) is 28.1. The largest absolute Gasteiger partial charge is 0.457 e. The number of aliphatic hydroxyl groups excluding tert-OH is 2. The maximum atomic E-state index is 13.4. The van der Waals surface area contributed by atoms with E-state index in [1.165, 1.54) is 57.8 Å². The van der Waals surface area contributed by atoms with Gasteiger partial charge in [0.2, 0.25) is 11.8 Å². The first-order valence-corrected chi connectivity index (χ1v) is 24.5. The number of esters is 1. The van der Waals surface area contributed by atoms with Crippen LogP contribution in [-0.4, -0.2) is 85.0 Å². The van der Waals surface area contributed by atoms with Gasteiger partial charge in [0, 0.05) is 36.4 Å². The van der Waals surface area contributed by atoms with E-state index in [1.807, 2.05) is 60.7 Å². The summed E-state index contributed by atoms with van der Waals surface area (Å²) in [4.78, 5) is 38.8. The summed E-state index contributed by atoms with van der Waals surface area (Å²) in [6, 6.07) is 18.9. The lowest BCUT2D eigenvalue weighted by Crippen LogP contribution is -2.66. The number of nitrogens with one attached hydrogen (secondary N) is 2. The zero-order chi connectivity index (χ0) is 43.0. The molecule has 1 aliphatic heterocycles. The zero-order valence-corrected chi connectivity index (χ0v) is 37.6. The summed E-state index contributed by atoms with van der Waals surface area (Å²) in [5.74, 6) is -0.713. The summed E-state index contributed by atoms with van der Waals surface area (Å²) in [5.41, 5.74) is 0. The first-order valence-electron chi connectivity index (χ1n) is 23.2. The van der Waals surface area contributed by atoms with Gasteiger partial charge in [-0.2, -0.15) is 0 Å². The summed E-state index contributed by atoms with van der Waals surface area (Å²) in [6.07, 6.45) is 16.4. The van der Waals surface area contributed by atoms with Crippen molar-refractivity contribution < 1.29 is 43.3 Å². The Balaban J connectivity index is 1.56. The molecule has 338 valence electrons. The van der Waals surface area contributed by atoms with E-state index in [0.29, 0.717) is 25.8 Å². The molecule has 0 spiro atoms. The molecule has 5 atom stereocenters. The van der Waals surface area contributed by atoms with Crippen LogP contribution >= 0.6 is 8.15 Å². The lowest BCUT2D eigenvalue weighted by Gasteiger charge is -2.43. The van der Waals surface area contributed by atoms with Crippen LogP contribution in [0.15, 0.2) is 60.7 Å². The third kappa shape index (κ3) is 21.2. The van der Waals surface area contributed by atoms with Gasteiger partial charge in [0.25, 0.3) is 0 Å². The molecule has 4 N–H and O–H groups in total. The molecule has 3 rings (SSSR count). The molecule has 11 nitrogen and oxygen atoms in total. The van der Waals surface area contributed by atoms with Gasteiger partial charge in [-0.3, -0.25) is 14.4 Å². The predicted molar refractivity (Wildman–Crippen MR) is 240 cm³/mol. The second-order valence-corrected chi connectivity index (χ2v) is 17.9. The van der Waals surface area contributed by atoms with E-state index in [4.69, 9.17) is 18.7 Å². The molecule has 0 bridgehead atoms. The number of unbranched alkanes of at least 4 members (excludes halogenated alkanes) is 16. The van der Waals surface area contributed by atoms with Crippen LogP contribution in [0.1, 0.15) is 155 Å². The van der Waals surface area contributed by atoms with Gasteiger partial charge in [-0.1, -0.05) is 171 Å². The average molecular weight is 857 g/mol.